The highest BCUT2D eigenvalue weighted by molar-refractivity contribution is 7.98. The molecule has 2 aliphatic heterocycles. The average Bonchev–Trinajstić information content (AvgIpc) is 2.61. The van der Waals surface area contributed by atoms with Crippen molar-refractivity contribution in [3.05, 3.63) is 12.3 Å². The van der Waals surface area contributed by atoms with Crippen LogP contribution in [0.5, 0.6) is 0 Å². The van der Waals surface area contributed by atoms with Crippen molar-refractivity contribution in [1.29, 1.82) is 0 Å². The number of carbonyl (C=O) groups excluding carboxylic acids is 1. The third-order valence-corrected chi connectivity index (χ3v) is 5.26. The lowest BCUT2D eigenvalue weighted by molar-refractivity contribution is -0.141. The van der Waals surface area contributed by atoms with Gasteiger partial charge >= 0.3 is 0 Å². The number of anilines is 1. The second-order valence-corrected chi connectivity index (χ2v) is 7.14. The number of hydrogen-bond acceptors (Lipinski definition) is 5. The first-order valence-electron chi connectivity index (χ1n) is 8.27. The normalized spacial score (nSPS) is 24.0. The van der Waals surface area contributed by atoms with Crippen molar-refractivity contribution in [3.63, 3.8) is 0 Å². The molecule has 0 N–H and O–H groups in total. The number of nitrogens with zero attached hydrogens (tertiary/aromatic N) is 4. The molecule has 0 aromatic carbocycles. The molecular formula is C16H22F2N4OS. The standard InChI is InChI=1S/C16H22F2N4OS/c1-24-15-19-7-4-13(20-15)22-8-2-3-12(11-22)14(23)21-9-5-16(17,18)6-10-21/h4,7,12H,2-3,5-6,8-11H2,1H3. The van der Waals surface area contributed by atoms with Gasteiger partial charge in [-0.15, -0.1) is 0 Å². The lowest BCUT2D eigenvalue weighted by atomic mass is 9.95. The molecule has 1 aromatic heterocycles. The summed E-state index contributed by atoms with van der Waals surface area (Å²) in [5.74, 6) is -1.92. The fourth-order valence-corrected chi connectivity index (χ4v) is 3.66. The molecule has 0 spiro atoms. The molecule has 2 fully saturated rings. The van der Waals surface area contributed by atoms with Gasteiger partial charge in [-0.3, -0.25) is 4.79 Å². The van der Waals surface area contributed by atoms with Gasteiger partial charge in [0.15, 0.2) is 5.16 Å². The molecule has 0 bridgehead atoms. The monoisotopic (exact) mass is 356 g/mol. The first-order chi connectivity index (χ1) is 11.5. The lowest BCUT2D eigenvalue weighted by Gasteiger charge is -2.38. The molecule has 2 aliphatic rings. The van der Waals surface area contributed by atoms with Gasteiger partial charge < -0.3 is 9.80 Å². The summed E-state index contributed by atoms with van der Waals surface area (Å²) < 4.78 is 26.6. The number of thioether (sulfide) groups is 1. The quantitative estimate of drug-likeness (QED) is 0.616. The first-order valence-corrected chi connectivity index (χ1v) is 9.49. The van der Waals surface area contributed by atoms with Crippen LogP contribution in [0.3, 0.4) is 0 Å². The molecule has 8 heteroatoms. The Morgan fingerprint density at radius 2 is 2.08 bits per heavy atom. The van der Waals surface area contributed by atoms with E-state index >= 15 is 0 Å². The topological polar surface area (TPSA) is 49.3 Å². The molecule has 0 radical (unpaired) electrons. The van der Waals surface area contributed by atoms with Crippen molar-refractivity contribution >= 4 is 23.5 Å². The zero-order chi connectivity index (χ0) is 17.2. The van der Waals surface area contributed by atoms with Gasteiger partial charge in [-0.05, 0) is 25.2 Å². The number of rotatable bonds is 3. The minimum Gasteiger partial charge on any atom is -0.356 e. The Hall–Kier alpha value is -1.44. The summed E-state index contributed by atoms with van der Waals surface area (Å²) >= 11 is 1.48. The Kier molecular flexibility index (Phi) is 5.22. The Labute approximate surface area is 144 Å². The fourth-order valence-electron chi connectivity index (χ4n) is 3.31. The zero-order valence-electron chi connectivity index (χ0n) is 13.8. The van der Waals surface area contributed by atoms with Crippen LogP contribution in [0.15, 0.2) is 17.4 Å². The van der Waals surface area contributed by atoms with E-state index in [1.54, 1.807) is 11.1 Å². The van der Waals surface area contributed by atoms with Gasteiger partial charge in [0, 0.05) is 45.2 Å². The van der Waals surface area contributed by atoms with E-state index in [1.807, 2.05) is 12.3 Å². The van der Waals surface area contributed by atoms with E-state index in [0.29, 0.717) is 11.7 Å². The van der Waals surface area contributed by atoms with Gasteiger partial charge in [0.05, 0.1) is 5.92 Å². The molecule has 1 amide bonds. The highest BCUT2D eigenvalue weighted by Crippen LogP contribution is 2.30. The van der Waals surface area contributed by atoms with Gasteiger partial charge in [-0.1, -0.05) is 11.8 Å². The Balaban J connectivity index is 1.63. The Morgan fingerprint density at radius 1 is 1.33 bits per heavy atom. The molecule has 132 valence electrons. The largest absolute Gasteiger partial charge is 0.356 e. The number of halogens is 2. The SMILES string of the molecule is CSc1nccc(N2CCCC(C(=O)N3CCC(F)(F)CC3)C2)n1. The summed E-state index contributed by atoms with van der Waals surface area (Å²) in [5, 5.41) is 0.708. The smallest absolute Gasteiger partial charge is 0.251 e. The van der Waals surface area contributed by atoms with Gasteiger partial charge in [0.25, 0.3) is 5.92 Å². The number of likely N-dealkylation sites (tertiary alicyclic amines) is 1. The minimum atomic E-state index is -2.62. The van der Waals surface area contributed by atoms with E-state index in [1.165, 1.54) is 11.8 Å². The average molecular weight is 356 g/mol. The van der Waals surface area contributed by atoms with Crippen LogP contribution >= 0.6 is 11.8 Å². The number of piperidine rings is 2. The number of hydrogen-bond donors (Lipinski definition) is 0. The van der Waals surface area contributed by atoms with Crippen LogP contribution in [0.1, 0.15) is 25.7 Å². The molecule has 1 aromatic rings. The maximum Gasteiger partial charge on any atom is 0.251 e. The van der Waals surface area contributed by atoms with Crippen molar-refractivity contribution in [2.75, 3.05) is 37.3 Å². The third kappa shape index (κ3) is 3.96. The summed E-state index contributed by atoms with van der Waals surface area (Å²) in [6.45, 7) is 1.77. The Morgan fingerprint density at radius 3 is 2.79 bits per heavy atom. The zero-order valence-corrected chi connectivity index (χ0v) is 14.6. The molecule has 2 saturated heterocycles. The van der Waals surface area contributed by atoms with Crippen molar-refractivity contribution in [2.45, 2.75) is 36.8 Å². The summed E-state index contributed by atoms with van der Waals surface area (Å²) in [5.41, 5.74) is 0. The third-order valence-electron chi connectivity index (χ3n) is 4.70. The molecule has 0 saturated carbocycles. The van der Waals surface area contributed by atoms with Crippen LogP contribution < -0.4 is 4.90 Å². The second-order valence-electron chi connectivity index (χ2n) is 6.37. The van der Waals surface area contributed by atoms with Crippen LogP contribution in [0.25, 0.3) is 0 Å². The van der Waals surface area contributed by atoms with E-state index < -0.39 is 5.92 Å². The molecule has 1 unspecified atom stereocenters. The van der Waals surface area contributed by atoms with Gasteiger partial charge in [-0.25, -0.2) is 18.7 Å². The highest BCUT2D eigenvalue weighted by atomic mass is 32.2. The molecule has 5 nitrogen and oxygen atoms in total. The van der Waals surface area contributed by atoms with Crippen LogP contribution in [0.2, 0.25) is 0 Å². The predicted molar refractivity (Wildman–Crippen MR) is 89.5 cm³/mol. The molecular weight excluding hydrogens is 334 g/mol. The number of alkyl halides is 2. The molecule has 3 heterocycles. The lowest BCUT2D eigenvalue weighted by Crippen LogP contribution is -2.49. The van der Waals surface area contributed by atoms with Crippen LogP contribution in [-0.2, 0) is 4.79 Å². The van der Waals surface area contributed by atoms with Crippen LogP contribution in [0, 0.1) is 5.92 Å². The molecule has 3 rings (SSSR count). The van der Waals surface area contributed by atoms with Gasteiger partial charge in [0.2, 0.25) is 5.91 Å². The maximum atomic E-state index is 13.3. The van der Waals surface area contributed by atoms with Crippen molar-refractivity contribution in [3.8, 4) is 0 Å². The maximum absolute atomic E-state index is 13.3. The van der Waals surface area contributed by atoms with Crippen molar-refractivity contribution in [2.24, 2.45) is 5.92 Å². The number of carbonyl (C=O) groups is 1. The minimum absolute atomic E-state index is 0.00865. The van der Waals surface area contributed by atoms with E-state index in [2.05, 4.69) is 14.9 Å². The van der Waals surface area contributed by atoms with Gasteiger partial charge in [0.1, 0.15) is 5.82 Å². The van der Waals surface area contributed by atoms with Crippen LogP contribution in [0.4, 0.5) is 14.6 Å². The van der Waals surface area contributed by atoms with E-state index in [0.717, 1.165) is 25.2 Å². The summed E-state index contributed by atoms with van der Waals surface area (Å²) in [4.78, 5) is 25.1. The second kappa shape index (κ2) is 7.21. The predicted octanol–water partition coefficient (Wildman–Crippen LogP) is 2.67. The van der Waals surface area contributed by atoms with E-state index in [-0.39, 0.29) is 37.8 Å². The van der Waals surface area contributed by atoms with E-state index in [9.17, 15) is 13.6 Å². The molecule has 24 heavy (non-hydrogen) atoms. The van der Waals surface area contributed by atoms with Crippen LogP contribution in [-0.4, -0.2) is 59.1 Å². The summed E-state index contributed by atoms with van der Waals surface area (Å²) in [6.07, 6.45) is 4.91. The van der Waals surface area contributed by atoms with E-state index in [4.69, 9.17) is 0 Å². The molecule has 0 aliphatic carbocycles. The number of amides is 1. The molecule has 1 atom stereocenters. The fraction of sp³-hybridized carbons (Fsp3) is 0.688. The Bertz CT molecular complexity index is 591. The highest BCUT2D eigenvalue weighted by Gasteiger charge is 2.38. The van der Waals surface area contributed by atoms with Crippen molar-refractivity contribution in [1.82, 2.24) is 14.9 Å². The van der Waals surface area contributed by atoms with Crippen molar-refractivity contribution < 1.29 is 13.6 Å². The van der Waals surface area contributed by atoms with Gasteiger partial charge in [-0.2, -0.15) is 0 Å². The summed E-state index contributed by atoms with van der Waals surface area (Å²) in [7, 11) is 0. The summed E-state index contributed by atoms with van der Waals surface area (Å²) in [6, 6.07) is 1.86. The first kappa shape index (κ1) is 17.4. The number of aromatic nitrogens is 2.